The first-order valence-corrected chi connectivity index (χ1v) is 6.27. The molecule has 3 saturated carbocycles. The molecule has 3 rings (SSSR count). The van der Waals surface area contributed by atoms with E-state index < -0.39 is 0 Å². The van der Waals surface area contributed by atoms with Crippen LogP contribution in [-0.4, -0.2) is 23.3 Å². The molecule has 0 spiro atoms. The van der Waals surface area contributed by atoms with Crippen LogP contribution < -0.4 is 5.32 Å². The molecule has 3 aliphatic carbocycles. The molecule has 0 radical (unpaired) electrons. The van der Waals surface area contributed by atoms with Crippen molar-refractivity contribution in [3.05, 3.63) is 0 Å². The average Bonchev–Trinajstić information content (AvgIpc) is 2.83. The lowest BCUT2D eigenvalue weighted by Crippen LogP contribution is -2.44. The highest BCUT2D eigenvalue weighted by atomic mass is 16.3. The molecule has 0 saturated heterocycles. The topological polar surface area (TPSA) is 32.3 Å². The first kappa shape index (κ1) is 9.17. The summed E-state index contributed by atoms with van der Waals surface area (Å²) < 4.78 is 0. The molecule has 80 valence electrons. The van der Waals surface area contributed by atoms with Gasteiger partial charge in [0, 0.05) is 12.1 Å². The van der Waals surface area contributed by atoms with E-state index in [1.807, 2.05) is 0 Å². The van der Waals surface area contributed by atoms with Gasteiger partial charge in [-0.25, -0.2) is 0 Å². The van der Waals surface area contributed by atoms with Crippen molar-refractivity contribution in [1.29, 1.82) is 0 Å². The van der Waals surface area contributed by atoms with Gasteiger partial charge in [0.15, 0.2) is 0 Å². The Balaban J connectivity index is 1.57. The van der Waals surface area contributed by atoms with Gasteiger partial charge in [0.1, 0.15) is 0 Å². The van der Waals surface area contributed by atoms with E-state index in [9.17, 15) is 5.11 Å². The first-order chi connectivity index (χ1) is 6.83. The van der Waals surface area contributed by atoms with Crippen molar-refractivity contribution in [3.8, 4) is 0 Å². The van der Waals surface area contributed by atoms with Gasteiger partial charge < -0.3 is 10.4 Å². The van der Waals surface area contributed by atoms with Crippen molar-refractivity contribution in [2.24, 2.45) is 11.8 Å². The first-order valence-electron chi connectivity index (χ1n) is 6.27. The summed E-state index contributed by atoms with van der Waals surface area (Å²) in [7, 11) is 0. The Bertz CT molecular complexity index is 218. The van der Waals surface area contributed by atoms with E-state index in [0.717, 1.165) is 24.3 Å². The molecule has 2 bridgehead atoms. The molecule has 2 heteroatoms. The Morgan fingerprint density at radius 3 is 2.43 bits per heavy atom. The molecule has 0 aromatic rings. The lowest BCUT2D eigenvalue weighted by atomic mass is 9.94. The predicted molar refractivity (Wildman–Crippen MR) is 56.0 cm³/mol. The maximum atomic E-state index is 9.76. The van der Waals surface area contributed by atoms with Crippen LogP contribution >= 0.6 is 0 Å². The fraction of sp³-hybridized carbons (Fsp3) is 1.00. The van der Waals surface area contributed by atoms with Gasteiger partial charge >= 0.3 is 0 Å². The molecule has 0 amide bonds. The highest BCUT2D eigenvalue weighted by Crippen LogP contribution is 2.44. The van der Waals surface area contributed by atoms with Crippen LogP contribution in [0.5, 0.6) is 0 Å². The molecular weight excluding hydrogens is 174 g/mol. The molecule has 0 heterocycles. The minimum Gasteiger partial charge on any atom is -0.392 e. The highest BCUT2D eigenvalue weighted by molar-refractivity contribution is 4.97. The third kappa shape index (κ3) is 1.49. The van der Waals surface area contributed by atoms with E-state index in [2.05, 4.69) is 5.32 Å². The van der Waals surface area contributed by atoms with Gasteiger partial charge in [0.2, 0.25) is 0 Å². The minimum absolute atomic E-state index is 0.0610. The lowest BCUT2D eigenvalue weighted by molar-refractivity contribution is 0.136. The smallest absolute Gasteiger partial charge is 0.0693 e. The van der Waals surface area contributed by atoms with Crippen LogP contribution in [0.4, 0.5) is 0 Å². The van der Waals surface area contributed by atoms with Crippen molar-refractivity contribution >= 4 is 0 Å². The molecule has 0 aliphatic heterocycles. The van der Waals surface area contributed by atoms with Gasteiger partial charge in [-0.1, -0.05) is 6.42 Å². The molecule has 3 fully saturated rings. The Morgan fingerprint density at radius 1 is 0.929 bits per heavy atom. The molecule has 0 aromatic heterocycles. The van der Waals surface area contributed by atoms with Crippen molar-refractivity contribution in [3.63, 3.8) is 0 Å². The fourth-order valence-corrected chi connectivity index (χ4v) is 3.86. The van der Waals surface area contributed by atoms with Crippen LogP contribution in [0.1, 0.15) is 44.9 Å². The van der Waals surface area contributed by atoms with Crippen molar-refractivity contribution in [2.45, 2.75) is 63.1 Å². The van der Waals surface area contributed by atoms with E-state index in [1.54, 1.807) is 0 Å². The lowest BCUT2D eigenvalue weighted by Gasteiger charge is -2.28. The zero-order valence-electron chi connectivity index (χ0n) is 8.78. The van der Waals surface area contributed by atoms with Crippen LogP contribution in [0, 0.1) is 11.8 Å². The Kier molecular flexibility index (Phi) is 2.29. The molecule has 2 N–H and O–H groups in total. The molecule has 3 unspecified atom stereocenters. The fourth-order valence-electron chi connectivity index (χ4n) is 3.86. The average molecular weight is 195 g/mol. The molecule has 14 heavy (non-hydrogen) atoms. The quantitative estimate of drug-likeness (QED) is 0.702. The molecule has 3 aliphatic rings. The summed E-state index contributed by atoms with van der Waals surface area (Å²) in [6, 6.07) is 1.16. The van der Waals surface area contributed by atoms with E-state index in [4.69, 9.17) is 0 Å². The molecule has 5 atom stereocenters. The van der Waals surface area contributed by atoms with Crippen molar-refractivity contribution in [1.82, 2.24) is 5.32 Å². The number of fused-ring (bicyclic) bond motifs is 2. The van der Waals surface area contributed by atoms with Crippen LogP contribution in [-0.2, 0) is 0 Å². The SMILES string of the molecule is O[C@@H]1CCC[C@H]1NC1CC2CCC1C2. The van der Waals surface area contributed by atoms with Crippen LogP contribution in [0.15, 0.2) is 0 Å². The second-order valence-corrected chi connectivity index (χ2v) is 5.55. The number of hydrogen-bond acceptors (Lipinski definition) is 2. The van der Waals surface area contributed by atoms with Crippen molar-refractivity contribution in [2.75, 3.05) is 0 Å². The number of hydrogen-bond donors (Lipinski definition) is 2. The summed E-state index contributed by atoms with van der Waals surface area (Å²) in [5.41, 5.74) is 0. The number of rotatable bonds is 2. The van der Waals surface area contributed by atoms with E-state index in [0.29, 0.717) is 6.04 Å². The van der Waals surface area contributed by atoms with Gasteiger partial charge in [0.05, 0.1) is 6.10 Å². The van der Waals surface area contributed by atoms with Crippen LogP contribution in [0.2, 0.25) is 0 Å². The molecule has 2 nitrogen and oxygen atoms in total. The maximum absolute atomic E-state index is 9.76. The Labute approximate surface area is 86.1 Å². The zero-order valence-corrected chi connectivity index (χ0v) is 8.78. The van der Waals surface area contributed by atoms with E-state index in [1.165, 1.54) is 38.5 Å². The summed E-state index contributed by atoms with van der Waals surface area (Å²) in [6.07, 6.45) is 9.09. The normalized spacial score (nSPS) is 51.6. The Hall–Kier alpha value is -0.0800. The standard InChI is InChI=1S/C12H21NO/c14-12-3-1-2-10(12)13-11-7-8-4-5-9(11)6-8/h8-14H,1-7H2/t8?,9?,10-,11?,12-/m1/s1. The van der Waals surface area contributed by atoms with Crippen molar-refractivity contribution < 1.29 is 5.11 Å². The number of aliphatic hydroxyl groups excluding tert-OH is 1. The number of nitrogens with one attached hydrogen (secondary N) is 1. The Morgan fingerprint density at radius 2 is 1.86 bits per heavy atom. The van der Waals surface area contributed by atoms with Gasteiger partial charge in [-0.2, -0.15) is 0 Å². The van der Waals surface area contributed by atoms with Crippen LogP contribution in [0.25, 0.3) is 0 Å². The second kappa shape index (κ2) is 3.49. The minimum atomic E-state index is -0.0610. The largest absolute Gasteiger partial charge is 0.392 e. The zero-order chi connectivity index (χ0) is 9.54. The van der Waals surface area contributed by atoms with Gasteiger partial charge in [-0.3, -0.25) is 0 Å². The summed E-state index contributed by atoms with van der Waals surface area (Å²) in [4.78, 5) is 0. The van der Waals surface area contributed by atoms with E-state index >= 15 is 0 Å². The summed E-state index contributed by atoms with van der Waals surface area (Å²) in [5.74, 6) is 1.95. The summed E-state index contributed by atoms with van der Waals surface area (Å²) >= 11 is 0. The van der Waals surface area contributed by atoms with Gasteiger partial charge in [0.25, 0.3) is 0 Å². The van der Waals surface area contributed by atoms with Gasteiger partial charge in [-0.15, -0.1) is 0 Å². The third-order valence-corrected chi connectivity index (χ3v) is 4.65. The van der Waals surface area contributed by atoms with Crippen LogP contribution in [0.3, 0.4) is 0 Å². The van der Waals surface area contributed by atoms with Gasteiger partial charge in [-0.05, 0) is 50.4 Å². The maximum Gasteiger partial charge on any atom is 0.0693 e. The predicted octanol–water partition coefficient (Wildman–Crippen LogP) is 1.68. The second-order valence-electron chi connectivity index (χ2n) is 5.55. The number of aliphatic hydroxyl groups is 1. The van der Waals surface area contributed by atoms with E-state index in [-0.39, 0.29) is 6.10 Å². The summed E-state index contributed by atoms with van der Waals surface area (Å²) in [5, 5.41) is 13.5. The molecular formula is C12H21NO. The monoisotopic (exact) mass is 195 g/mol. The third-order valence-electron chi connectivity index (χ3n) is 4.65. The highest BCUT2D eigenvalue weighted by Gasteiger charge is 2.41. The molecule has 0 aromatic carbocycles. The summed E-state index contributed by atoms with van der Waals surface area (Å²) in [6.45, 7) is 0.